The average Bonchev–Trinajstić information content (AvgIpc) is 3.42. The second kappa shape index (κ2) is 8.45. The lowest BCUT2D eigenvalue weighted by molar-refractivity contribution is 0.411. The molecule has 0 N–H and O–H groups in total. The summed E-state index contributed by atoms with van der Waals surface area (Å²) in [5, 5.41) is 11.7. The van der Waals surface area contributed by atoms with E-state index in [2.05, 4.69) is 10.2 Å². The van der Waals surface area contributed by atoms with Crippen molar-refractivity contribution in [3.8, 4) is 33.5 Å². The van der Waals surface area contributed by atoms with Gasteiger partial charge in [-0.15, -0.1) is 21.5 Å². The van der Waals surface area contributed by atoms with Crippen molar-refractivity contribution >= 4 is 23.1 Å². The number of hydrogen-bond donors (Lipinski definition) is 0. The zero-order chi connectivity index (χ0) is 19.3. The summed E-state index contributed by atoms with van der Waals surface area (Å²) in [6, 6.07) is 15.4. The van der Waals surface area contributed by atoms with Crippen LogP contribution in [0, 0.1) is 0 Å². The van der Waals surface area contributed by atoms with E-state index in [0.717, 1.165) is 27.6 Å². The number of thioether (sulfide) groups is 1. The summed E-state index contributed by atoms with van der Waals surface area (Å²) >= 11 is 3.04. The van der Waals surface area contributed by atoms with Crippen molar-refractivity contribution in [2.75, 3.05) is 14.2 Å². The van der Waals surface area contributed by atoms with E-state index in [1.165, 1.54) is 11.8 Å². The Balaban J connectivity index is 1.46. The summed E-state index contributed by atoms with van der Waals surface area (Å²) in [6.45, 7) is 0. The van der Waals surface area contributed by atoms with Crippen LogP contribution in [0.1, 0.15) is 5.69 Å². The molecule has 0 fully saturated rings. The van der Waals surface area contributed by atoms with Crippen molar-refractivity contribution in [1.29, 1.82) is 0 Å². The van der Waals surface area contributed by atoms with Crippen molar-refractivity contribution in [2.24, 2.45) is 0 Å². The van der Waals surface area contributed by atoms with E-state index in [1.54, 1.807) is 25.6 Å². The normalized spacial score (nSPS) is 10.8. The first kappa shape index (κ1) is 18.5. The quantitative estimate of drug-likeness (QED) is 0.389. The van der Waals surface area contributed by atoms with Crippen LogP contribution < -0.4 is 9.47 Å². The third-order valence-corrected chi connectivity index (χ3v) is 5.75. The van der Waals surface area contributed by atoms with E-state index in [1.807, 2.05) is 53.9 Å². The molecule has 4 aromatic rings. The minimum absolute atomic E-state index is 0.438. The van der Waals surface area contributed by atoms with Crippen molar-refractivity contribution < 1.29 is 13.9 Å². The molecular weight excluding hydrogens is 394 g/mol. The Labute approximate surface area is 170 Å². The van der Waals surface area contributed by atoms with Crippen LogP contribution in [0.2, 0.25) is 0 Å². The maximum Gasteiger partial charge on any atom is 0.277 e. The van der Waals surface area contributed by atoms with Crippen LogP contribution in [0.3, 0.4) is 0 Å². The highest BCUT2D eigenvalue weighted by Crippen LogP contribution is 2.34. The van der Waals surface area contributed by atoms with Crippen molar-refractivity contribution in [3.63, 3.8) is 0 Å². The van der Waals surface area contributed by atoms with Crippen LogP contribution in [0.5, 0.6) is 11.5 Å². The number of benzene rings is 2. The number of hydrogen-bond acceptors (Lipinski definition) is 8. The Kier molecular flexibility index (Phi) is 5.59. The average molecular weight is 412 g/mol. The minimum atomic E-state index is 0.438. The fraction of sp³-hybridized carbons (Fsp3) is 0.150. The predicted molar refractivity (Wildman–Crippen MR) is 110 cm³/mol. The number of methoxy groups -OCH3 is 2. The molecule has 0 saturated carbocycles. The summed E-state index contributed by atoms with van der Waals surface area (Å²) in [5.41, 5.74) is 2.71. The molecule has 0 aliphatic carbocycles. The van der Waals surface area contributed by atoms with Gasteiger partial charge < -0.3 is 13.9 Å². The first-order chi connectivity index (χ1) is 13.8. The number of nitrogens with zero attached hydrogens (tertiary/aromatic N) is 3. The van der Waals surface area contributed by atoms with Gasteiger partial charge in [-0.2, -0.15) is 0 Å². The largest absolute Gasteiger partial charge is 0.496 e. The van der Waals surface area contributed by atoms with Crippen molar-refractivity contribution in [3.05, 3.63) is 59.6 Å². The number of thiazole rings is 1. The topological polar surface area (TPSA) is 70.3 Å². The van der Waals surface area contributed by atoms with Gasteiger partial charge in [-0.05, 0) is 24.3 Å². The van der Waals surface area contributed by atoms with E-state index in [0.29, 0.717) is 22.6 Å². The molecule has 2 aromatic heterocycles. The Bertz CT molecular complexity index is 992. The molecule has 0 amide bonds. The zero-order valence-corrected chi connectivity index (χ0v) is 16.9. The molecule has 0 aliphatic rings. The monoisotopic (exact) mass is 411 g/mol. The zero-order valence-electron chi connectivity index (χ0n) is 15.3. The molecule has 4 rings (SSSR count). The molecule has 0 unspecified atom stereocenters. The smallest absolute Gasteiger partial charge is 0.277 e. The molecule has 0 radical (unpaired) electrons. The second-order valence-electron chi connectivity index (χ2n) is 5.71. The lowest BCUT2D eigenvalue weighted by Crippen LogP contribution is -1.87. The Hall–Kier alpha value is -2.84. The molecule has 2 aromatic carbocycles. The van der Waals surface area contributed by atoms with Crippen LogP contribution in [-0.2, 0) is 5.75 Å². The maximum atomic E-state index is 5.78. The summed E-state index contributed by atoms with van der Waals surface area (Å²) < 4.78 is 16.5. The van der Waals surface area contributed by atoms with E-state index in [-0.39, 0.29) is 0 Å². The van der Waals surface area contributed by atoms with Crippen LogP contribution in [0.4, 0.5) is 0 Å². The predicted octanol–water partition coefficient (Wildman–Crippen LogP) is 5.17. The molecule has 28 heavy (non-hydrogen) atoms. The van der Waals surface area contributed by atoms with E-state index >= 15 is 0 Å². The summed E-state index contributed by atoms with van der Waals surface area (Å²) in [7, 11) is 3.28. The molecule has 0 spiro atoms. The van der Waals surface area contributed by atoms with E-state index < -0.39 is 0 Å². The highest BCUT2D eigenvalue weighted by atomic mass is 32.2. The van der Waals surface area contributed by atoms with Crippen LogP contribution in [-0.4, -0.2) is 29.4 Å². The van der Waals surface area contributed by atoms with Crippen LogP contribution in [0.15, 0.2) is 63.6 Å². The number of para-hydroxylation sites is 2. The number of ether oxygens (including phenoxy) is 2. The Morgan fingerprint density at radius 3 is 2.36 bits per heavy atom. The molecule has 8 heteroatoms. The van der Waals surface area contributed by atoms with E-state index in [9.17, 15) is 0 Å². The van der Waals surface area contributed by atoms with Gasteiger partial charge in [0.2, 0.25) is 0 Å². The van der Waals surface area contributed by atoms with Gasteiger partial charge in [-0.25, -0.2) is 4.98 Å². The van der Waals surface area contributed by atoms with Crippen LogP contribution >= 0.6 is 23.1 Å². The third kappa shape index (κ3) is 3.88. The van der Waals surface area contributed by atoms with Gasteiger partial charge >= 0.3 is 0 Å². The minimum Gasteiger partial charge on any atom is -0.496 e. The molecule has 0 atom stereocenters. The van der Waals surface area contributed by atoms with Gasteiger partial charge in [0, 0.05) is 11.1 Å². The summed E-state index contributed by atoms with van der Waals surface area (Å²) in [5.74, 6) is 2.59. The van der Waals surface area contributed by atoms with Gasteiger partial charge in [0.05, 0.1) is 31.0 Å². The molecule has 6 nitrogen and oxygen atoms in total. The van der Waals surface area contributed by atoms with Gasteiger partial charge in [0.25, 0.3) is 11.1 Å². The second-order valence-corrected chi connectivity index (χ2v) is 7.49. The van der Waals surface area contributed by atoms with Gasteiger partial charge in [-0.1, -0.05) is 36.0 Å². The molecule has 0 saturated heterocycles. The number of rotatable bonds is 7. The van der Waals surface area contributed by atoms with Gasteiger partial charge in [0.1, 0.15) is 16.5 Å². The highest BCUT2D eigenvalue weighted by molar-refractivity contribution is 7.98. The first-order valence-electron chi connectivity index (χ1n) is 8.46. The van der Waals surface area contributed by atoms with Crippen molar-refractivity contribution in [2.45, 2.75) is 11.0 Å². The van der Waals surface area contributed by atoms with Crippen molar-refractivity contribution in [1.82, 2.24) is 15.2 Å². The standard InChI is InChI=1S/C20H17N3O3S2/c1-24-16-9-5-3-7-14(16)18-22-23-20(26-18)28-12-13-11-27-19(21-13)15-8-4-6-10-17(15)25-2/h3-11H,12H2,1-2H3. The lowest BCUT2D eigenvalue weighted by Gasteiger charge is -2.04. The molecule has 142 valence electrons. The first-order valence-corrected chi connectivity index (χ1v) is 10.3. The molecular formula is C20H17N3O3S2. The van der Waals surface area contributed by atoms with Gasteiger partial charge in [0.15, 0.2) is 0 Å². The Morgan fingerprint density at radius 2 is 1.61 bits per heavy atom. The summed E-state index contributed by atoms with van der Waals surface area (Å²) in [4.78, 5) is 4.70. The van der Waals surface area contributed by atoms with E-state index in [4.69, 9.17) is 18.9 Å². The molecule has 0 bridgehead atoms. The SMILES string of the molecule is COc1ccccc1-c1nnc(SCc2csc(-c3ccccc3OC)n2)o1. The van der Waals surface area contributed by atoms with Crippen LogP contribution in [0.25, 0.3) is 22.0 Å². The Morgan fingerprint density at radius 1 is 0.929 bits per heavy atom. The van der Waals surface area contributed by atoms with Gasteiger partial charge in [-0.3, -0.25) is 0 Å². The third-order valence-electron chi connectivity index (χ3n) is 3.98. The molecule has 0 aliphatic heterocycles. The fourth-order valence-corrected chi connectivity index (χ4v) is 4.26. The number of aromatic nitrogens is 3. The lowest BCUT2D eigenvalue weighted by atomic mass is 10.2. The fourth-order valence-electron chi connectivity index (χ4n) is 2.65. The summed E-state index contributed by atoms with van der Waals surface area (Å²) in [6.07, 6.45) is 0. The highest BCUT2D eigenvalue weighted by Gasteiger charge is 2.15. The molecule has 2 heterocycles. The maximum absolute atomic E-state index is 5.78.